The molecule has 1 aromatic carbocycles. The molecule has 146 valence electrons. The number of aryl methyl sites for hydroxylation is 1. The Morgan fingerprint density at radius 1 is 1.26 bits per heavy atom. The van der Waals surface area contributed by atoms with E-state index in [1.54, 1.807) is 17.9 Å². The van der Waals surface area contributed by atoms with Crippen LogP contribution in [0.2, 0.25) is 0 Å². The summed E-state index contributed by atoms with van der Waals surface area (Å²) in [7, 11) is 3.63. The Balaban J connectivity index is 1.52. The number of piperidine rings is 1. The van der Waals surface area contributed by atoms with E-state index in [9.17, 15) is 4.79 Å². The summed E-state index contributed by atoms with van der Waals surface area (Å²) < 4.78 is 1.70. The van der Waals surface area contributed by atoms with Gasteiger partial charge in [0.1, 0.15) is 6.04 Å². The van der Waals surface area contributed by atoms with E-state index < -0.39 is 6.04 Å². The van der Waals surface area contributed by atoms with Gasteiger partial charge in [0.15, 0.2) is 0 Å². The van der Waals surface area contributed by atoms with Gasteiger partial charge in [-0.05, 0) is 44.5 Å². The summed E-state index contributed by atoms with van der Waals surface area (Å²) in [6.45, 7) is 5.05. The lowest BCUT2D eigenvalue weighted by atomic mass is 10.0. The number of rotatable bonds is 7. The highest BCUT2D eigenvalue weighted by Gasteiger charge is 2.20. The molecule has 3 rings (SSSR count). The van der Waals surface area contributed by atoms with Gasteiger partial charge in [0.2, 0.25) is 5.91 Å². The second-order valence-corrected chi connectivity index (χ2v) is 7.52. The maximum atomic E-state index is 12.5. The predicted molar refractivity (Wildman–Crippen MR) is 107 cm³/mol. The van der Waals surface area contributed by atoms with Gasteiger partial charge in [0.05, 0.1) is 6.20 Å². The van der Waals surface area contributed by atoms with Gasteiger partial charge in [-0.25, -0.2) is 0 Å². The quantitative estimate of drug-likeness (QED) is 0.787. The average Bonchev–Trinajstić information content (AvgIpc) is 3.09. The molecule has 2 atom stereocenters. The number of hydrogen-bond acceptors (Lipinski definition) is 4. The van der Waals surface area contributed by atoms with E-state index in [4.69, 9.17) is 0 Å². The van der Waals surface area contributed by atoms with Crippen molar-refractivity contribution in [3.63, 3.8) is 0 Å². The molecule has 0 saturated carbocycles. The second-order valence-electron chi connectivity index (χ2n) is 7.52. The number of carbonyl (C=O) groups is 1. The van der Waals surface area contributed by atoms with Crippen molar-refractivity contribution in [1.29, 1.82) is 0 Å². The Kier molecular flexibility index (Phi) is 6.63. The Labute approximate surface area is 161 Å². The molecule has 1 aliphatic rings. The van der Waals surface area contributed by atoms with Crippen LogP contribution in [-0.2, 0) is 24.9 Å². The summed E-state index contributed by atoms with van der Waals surface area (Å²) in [4.78, 5) is 15.1. The van der Waals surface area contributed by atoms with Crippen molar-refractivity contribution in [3.05, 3.63) is 53.3 Å². The number of carbonyl (C=O) groups excluding carboxylic acids is 1. The lowest BCUT2D eigenvalue weighted by Gasteiger charge is -2.33. The van der Waals surface area contributed by atoms with Crippen LogP contribution in [0, 0.1) is 0 Å². The third-order valence-electron chi connectivity index (χ3n) is 5.42. The molecule has 2 N–H and O–H groups in total. The summed E-state index contributed by atoms with van der Waals surface area (Å²) in [6.07, 6.45) is 7.53. The van der Waals surface area contributed by atoms with Gasteiger partial charge in [0, 0.05) is 37.9 Å². The van der Waals surface area contributed by atoms with Gasteiger partial charge < -0.3 is 10.6 Å². The summed E-state index contributed by atoms with van der Waals surface area (Å²) in [6, 6.07) is 8.87. The fourth-order valence-corrected chi connectivity index (χ4v) is 3.72. The molecule has 0 radical (unpaired) electrons. The van der Waals surface area contributed by atoms with Gasteiger partial charge in [-0.15, -0.1) is 0 Å². The number of likely N-dealkylation sites (N-methyl/N-ethyl adjacent to an activating group) is 1. The first-order valence-corrected chi connectivity index (χ1v) is 9.82. The number of likely N-dealkylation sites (tertiary alicyclic amines) is 1. The van der Waals surface area contributed by atoms with Gasteiger partial charge in [-0.1, -0.05) is 30.7 Å². The summed E-state index contributed by atoms with van der Waals surface area (Å²) >= 11 is 0. The van der Waals surface area contributed by atoms with Crippen LogP contribution in [0.5, 0.6) is 0 Å². The molecular formula is C21H31N5O. The zero-order chi connectivity index (χ0) is 19.2. The minimum atomic E-state index is -0.390. The van der Waals surface area contributed by atoms with E-state index in [0.29, 0.717) is 12.6 Å². The Morgan fingerprint density at radius 2 is 2.00 bits per heavy atom. The SMILES string of the molecule is CNC(C(=O)NCc1ccc(CN2CCCCC2C)cc1)c1cnn(C)c1. The smallest absolute Gasteiger partial charge is 0.242 e. The molecule has 2 aromatic rings. The molecule has 2 heterocycles. The van der Waals surface area contributed by atoms with E-state index in [-0.39, 0.29) is 5.91 Å². The fraction of sp³-hybridized carbons (Fsp3) is 0.524. The van der Waals surface area contributed by atoms with Crippen molar-refractivity contribution in [2.24, 2.45) is 7.05 Å². The van der Waals surface area contributed by atoms with Crippen LogP contribution in [0.4, 0.5) is 0 Å². The normalized spacial score (nSPS) is 19.0. The molecule has 0 spiro atoms. The number of nitrogens with one attached hydrogen (secondary N) is 2. The van der Waals surface area contributed by atoms with Crippen LogP contribution >= 0.6 is 0 Å². The molecule has 0 aliphatic carbocycles. The van der Waals surface area contributed by atoms with Crippen molar-refractivity contribution >= 4 is 5.91 Å². The highest BCUT2D eigenvalue weighted by atomic mass is 16.2. The van der Waals surface area contributed by atoms with E-state index in [1.165, 1.54) is 31.4 Å². The highest BCUT2D eigenvalue weighted by Crippen LogP contribution is 2.19. The molecule has 6 nitrogen and oxygen atoms in total. The lowest BCUT2D eigenvalue weighted by Crippen LogP contribution is -2.36. The lowest BCUT2D eigenvalue weighted by molar-refractivity contribution is -0.123. The molecule has 6 heteroatoms. The standard InChI is InChI=1S/C21H31N5O/c1-16-6-4-5-11-26(16)14-18-9-7-17(8-10-18)12-23-21(27)20(22-2)19-13-24-25(3)15-19/h7-10,13,15-16,20,22H,4-6,11-12,14H2,1-3H3,(H,23,27). The fourth-order valence-electron chi connectivity index (χ4n) is 3.72. The number of hydrogen-bond donors (Lipinski definition) is 2. The maximum absolute atomic E-state index is 12.5. The third kappa shape index (κ3) is 5.17. The molecule has 1 aromatic heterocycles. The van der Waals surface area contributed by atoms with Crippen LogP contribution in [0.15, 0.2) is 36.7 Å². The van der Waals surface area contributed by atoms with Crippen molar-refractivity contribution in [2.45, 2.75) is 51.4 Å². The Hall–Kier alpha value is -2.18. The zero-order valence-corrected chi connectivity index (χ0v) is 16.6. The molecular weight excluding hydrogens is 338 g/mol. The number of benzene rings is 1. The summed E-state index contributed by atoms with van der Waals surface area (Å²) in [5.41, 5.74) is 3.31. The minimum absolute atomic E-state index is 0.0447. The van der Waals surface area contributed by atoms with Gasteiger partial charge in [-0.3, -0.25) is 14.4 Å². The average molecular weight is 370 g/mol. The highest BCUT2D eigenvalue weighted by molar-refractivity contribution is 5.83. The Morgan fingerprint density at radius 3 is 2.63 bits per heavy atom. The van der Waals surface area contributed by atoms with Gasteiger partial charge in [-0.2, -0.15) is 5.10 Å². The molecule has 27 heavy (non-hydrogen) atoms. The van der Waals surface area contributed by atoms with E-state index >= 15 is 0 Å². The number of nitrogens with zero attached hydrogens (tertiary/aromatic N) is 3. The van der Waals surface area contributed by atoms with Crippen molar-refractivity contribution in [2.75, 3.05) is 13.6 Å². The monoisotopic (exact) mass is 369 g/mol. The molecule has 1 amide bonds. The molecule has 1 saturated heterocycles. The maximum Gasteiger partial charge on any atom is 0.242 e. The predicted octanol–water partition coefficient (Wildman–Crippen LogP) is 2.37. The molecule has 0 bridgehead atoms. The second kappa shape index (κ2) is 9.15. The van der Waals surface area contributed by atoms with Crippen LogP contribution in [0.25, 0.3) is 0 Å². The van der Waals surface area contributed by atoms with Gasteiger partial charge in [0.25, 0.3) is 0 Å². The summed E-state index contributed by atoms with van der Waals surface area (Å²) in [5, 5.41) is 10.2. The van der Waals surface area contributed by atoms with Crippen molar-refractivity contribution < 1.29 is 4.79 Å². The topological polar surface area (TPSA) is 62.2 Å². The van der Waals surface area contributed by atoms with Crippen LogP contribution in [0.1, 0.15) is 48.9 Å². The largest absolute Gasteiger partial charge is 0.350 e. The van der Waals surface area contributed by atoms with Crippen molar-refractivity contribution in [1.82, 2.24) is 25.3 Å². The zero-order valence-electron chi connectivity index (χ0n) is 16.6. The third-order valence-corrected chi connectivity index (χ3v) is 5.42. The number of aromatic nitrogens is 2. The molecule has 2 unspecified atom stereocenters. The summed E-state index contributed by atoms with van der Waals surface area (Å²) in [5.74, 6) is -0.0447. The van der Waals surface area contributed by atoms with E-state index in [2.05, 4.69) is 51.8 Å². The van der Waals surface area contributed by atoms with Crippen molar-refractivity contribution in [3.8, 4) is 0 Å². The van der Waals surface area contributed by atoms with Crippen LogP contribution in [0.3, 0.4) is 0 Å². The first-order valence-electron chi connectivity index (χ1n) is 9.82. The minimum Gasteiger partial charge on any atom is -0.350 e. The first-order chi connectivity index (χ1) is 13.1. The van der Waals surface area contributed by atoms with Gasteiger partial charge >= 0.3 is 0 Å². The van der Waals surface area contributed by atoms with Crippen LogP contribution < -0.4 is 10.6 Å². The molecule has 1 aliphatic heterocycles. The first kappa shape index (κ1) is 19.6. The van der Waals surface area contributed by atoms with Crippen LogP contribution in [-0.4, -0.2) is 40.2 Å². The number of amides is 1. The van der Waals surface area contributed by atoms with E-state index in [1.807, 2.05) is 13.2 Å². The molecule has 1 fully saturated rings. The Bertz CT molecular complexity index is 739. The van der Waals surface area contributed by atoms with E-state index in [0.717, 1.165) is 17.7 Å².